The Morgan fingerprint density at radius 1 is 1.39 bits per heavy atom. The summed E-state index contributed by atoms with van der Waals surface area (Å²) in [5.74, 6) is -3.45. The maximum Gasteiger partial charge on any atom is 0.330 e. The van der Waals surface area contributed by atoms with Crippen molar-refractivity contribution in [3.05, 3.63) is 11.6 Å². The number of nitrogens with two attached hydrogens (primary N) is 1. The molecule has 1 aromatic heterocycles. The van der Waals surface area contributed by atoms with Gasteiger partial charge in [0.15, 0.2) is 11.6 Å². The van der Waals surface area contributed by atoms with Gasteiger partial charge in [-0.05, 0) is 13.0 Å². The highest BCUT2D eigenvalue weighted by atomic mass is 19.3. The summed E-state index contributed by atoms with van der Waals surface area (Å²) >= 11 is 0. The number of hydrogen-bond acceptors (Lipinski definition) is 4. The number of ether oxygens (including phenoxy) is 1. The molecule has 0 saturated heterocycles. The summed E-state index contributed by atoms with van der Waals surface area (Å²) in [7, 11) is 0. The second kappa shape index (κ2) is 6.64. The first-order valence-electron chi connectivity index (χ1n) is 5.29. The number of aromatic amines is 1. The molecule has 0 spiro atoms. The van der Waals surface area contributed by atoms with Gasteiger partial charge < -0.3 is 10.5 Å². The summed E-state index contributed by atoms with van der Waals surface area (Å²) in [6.45, 7) is -1.19. The van der Waals surface area contributed by atoms with Gasteiger partial charge in [0.2, 0.25) is 0 Å². The van der Waals surface area contributed by atoms with Crippen LogP contribution in [0.25, 0.3) is 0 Å². The first kappa shape index (κ1) is 14.8. The maximum absolute atomic E-state index is 12.5. The Morgan fingerprint density at radius 3 is 2.72 bits per heavy atom. The molecule has 0 aliphatic rings. The van der Waals surface area contributed by atoms with E-state index in [0.717, 1.165) is 0 Å². The SMILES string of the molecule is NCCCc1n[nH]c(COCC(F)(F)C(F)F)n1. The number of rotatable bonds is 8. The third-order valence-corrected chi connectivity index (χ3v) is 2.04. The van der Waals surface area contributed by atoms with Gasteiger partial charge in [0.05, 0.1) is 0 Å². The molecular formula is C9H14F4N4O. The van der Waals surface area contributed by atoms with E-state index in [1.807, 2.05) is 0 Å². The third kappa shape index (κ3) is 4.57. The van der Waals surface area contributed by atoms with Crippen LogP contribution in [0.3, 0.4) is 0 Å². The highest BCUT2D eigenvalue weighted by molar-refractivity contribution is 4.89. The Hall–Kier alpha value is -1.22. The molecule has 0 aromatic carbocycles. The molecule has 0 unspecified atom stereocenters. The molecule has 3 N–H and O–H groups in total. The van der Waals surface area contributed by atoms with Gasteiger partial charge in [-0.25, -0.2) is 13.8 Å². The van der Waals surface area contributed by atoms with E-state index in [2.05, 4.69) is 19.9 Å². The van der Waals surface area contributed by atoms with E-state index in [-0.39, 0.29) is 12.4 Å². The lowest BCUT2D eigenvalue weighted by atomic mass is 10.3. The van der Waals surface area contributed by atoms with Gasteiger partial charge in [-0.15, -0.1) is 0 Å². The molecular weight excluding hydrogens is 256 g/mol. The van der Waals surface area contributed by atoms with Crippen molar-refractivity contribution in [3.8, 4) is 0 Å². The predicted molar refractivity (Wildman–Crippen MR) is 54.4 cm³/mol. The van der Waals surface area contributed by atoms with Crippen LogP contribution in [0.15, 0.2) is 0 Å². The summed E-state index contributed by atoms with van der Waals surface area (Å²) in [6, 6.07) is 0. The first-order chi connectivity index (χ1) is 8.45. The predicted octanol–water partition coefficient (Wildman–Crippen LogP) is 1.11. The molecule has 0 aliphatic heterocycles. The molecule has 0 bridgehead atoms. The van der Waals surface area contributed by atoms with Crippen LogP contribution in [0, 0.1) is 0 Å². The lowest BCUT2D eigenvalue weighted by Gasteiger charge is -2.14. The van der Waals surface area contributed by atoms with Gasteiger partial charge in [0, 0.05) is 6.42 Å². The molecule has 0 amide bonds. The lowest BCUT2D eigenvalue weighted by Crippen LogP contribution is -2.32. The molecule has 1 aromatic rings. The van der Waals surface area contributed by atoms with Gasteiger partial charge in [0.1, 0.15) is 13.2 Å². The zero-order chi connectivity index (χ0) is 13.6. The number of H-pyrrole nitrogens is 1. The number of aromatic nitrogens is 3. The Labute approximate surface area is 101 Å². The zero-order valence-corrected chi connectivity index (χ0v) is 9.50. The normalized spacial score (nSPS) is 12.3. The highest BCUT2D eigenvalue weighted by Gasteiger charge is 2.40. The number of hydrogen-bond donors (Lipinski definition) is 2. The first-order valence-corrected chi connectivity index (χ1v) is 5.29. The van der Waals surface area contributed by atoms with E-state index in [0.29, 0.717) is 25.2 Å². The second-order valence-corrected chi connectivity index (χ2v) is 3.65. The van der Waals surface area contributed by atoms with E-state index < -0.39 is 19.0 Å². The van der Waals surface area contributed by atoms with E-state index in [1.165, 1.54) is 0 Å². The maximum atomic E-state index is 12.5. The number of aryl methyl sites for hydroxylation is 1. The Bertz CT molecular complexity index is 358. The van der Waals surface area contributed by atoms with Crippen LogP contribution in [-0.4, -0.2) is 40.7 Å². The molecule has 0 saturated carbocycles. The minimum absolute atomic E-state index is 0.215. The van der Waals surface area contributed by atoms with Gasteiger partial charge in [-0.1, -0.05) is 0 Å². The van der Waals surface area contributed by atoms with Gasteiger partial charge in [-0.3, -0.25) is 5.10 Å². The lowest BCUT2D eigenvalue weighted by molar-refractivity contribution is -0.168. The largest absolute Gasteiger partial charge is 0.367 e. The number of nitrogens with one attached hydrogen (secondary N) is 1. The molecule has 0 aliphatic carbocycles. The minimum Gasteiger partial charge on any atom is -0.367 e. The van der Waals surface area contributed by atoms with Crippen LogP contribution in [0.1, 0.15) is 18.1 Å². The topological polar surface area (TPSA) is 76.8 Å². The van der Waals surface area contributed by atoms with E-state index in [1.54, 1.807) is 0 Å². The molecule has 9 heteroatoms. The summed E-state index contributed by atoms with van der Waals surface area (Å²) in [5.41, 5.74) is 5.29. The summed E-state index contributed by atoms with van der Waals surface area (Å²) < 4.78 is 53.1. The van der Waals surface area contributed by atoms with E-state index >= 15 is 0 Å². The second-order valence-electron chi connectivity index (χ2n) is 3.65. The minimum atomic E-state index is -4.15. The van der Waals surface area contributed by atoms with Gasteiger partial charge in [0.25, 0.3) is 0 Å². The van der Waals surface area contributed by atoms with Crippen molar-refractivity contribution in [1.82, 2.24) is 15.2 Å². The van der Waals surface area contributed by atoms with Crippen LogP contribution in [0.5, 0.6) is 0 Å². The Kier molecular flexibility index (Phi) is 5.48. The number of halogens is 4. The molecule has 0 radical (unpaired) electrons. The smallest absolute Gasteiger partial charge is 0.330 e. The quantitative estimate of drug-likeness (QED) is 0.694. The van der Waals surface area contributed by atoms with Crippen molar-refractivity contribution in [3.63, 3.8) is 0 Å². The zero-order valence-electron chi connectivity index (χ0n) is 9.50. The van der Waals surface area contributed by atoms with Crippen molar-refractivity contribution >= 4 is 0 Å². The summed E-state index contributed by atoms with van der Waals surface area (Å²) in [4.78, 5) is 3.93. The Balaban J connectivity index is 2.33. The molecule has 104 valence electrons. The molecule has 0 atom stereocenters. The van der Waals surface area contributed by atoms with Crippen molar-refractivity contribution < 1.29 is 22.3 Å². The van der Waals surface area contributed by atoms with Gasteiger partial charge >= 0.3 is 12.3 Å². The Morgan fingerprint density at radius 2 is 2.11 bits per heavy atom. The molecule has 18 heavy (non-hydrogen) atoms. The molecule has 5 nitrogen and oxygen atoms in total. The van der Waals surface area contributed by atoms with E-state index in [4.69, 9.17) is 5.73 Å². The van der Waals surface area contributed by atoms with Crippen LogP contribution in [-0.2, 0) is 17.8 Å². The van der Waals surface area contributed by atoms with Crippen molar-refractivity contribution in [2.75, 3.05) is 13.2 Å². The molecule has 1 heterocycles. The number of nitrogens with zero attached hydrogens (tertiary/aromatic N) is 2. The van der Waals surface area contributed by atoms with Crippen LogP contribution < -0.4 is 5.73 Å². The highest BCUT2D eigenvalue weighted by Crippen LogP contribution is 2.23. The fourth-order valence-electron chi connectivity index (χ4n) is 1.12. The summed E-state index contributed by atoms with van der Waals surface area (Å²) in [5, 5.41) is 6.27. The fourth-order valence-corrected chi connectivity index (χ4v) is 1.12. The number of alkyl halides is 4. The van der Waals surface area contributed by atoms with Crippen LogP contribution in [0.4, 0.5) is 17.6 Å². The summed E-state index contributed by atoms with van der Waals surface area (Å²) in [6.07, 6.45) is -2.49. The van der Waals surface area contributed by atoms with Crippen LogP contribution >= 0.6 is 0 Å². The molecule has 1 rings (SSSR count). The molecule has 0 fully saturated rings. The van der Waals surface area contributed by atoms with Crippen molar-refractivity contribution in [2.24, 2.45) is 5.73 Å². The standard InChI is InChI=1S/C9H14F4N4O/c10-8(11)9(12,13)5-18-4-7-15-6(16-17-7)2-1-3-14/h8H,1-5,14H2,(H,15,16,17). The fraction of sp³-hybridized carbons (Fsp3) is 0.778. The third-order valence-electron chi connectivity index (χ3n) is 2.04. The monoisotopic (exact) mass is 270 g/mol. The van der Waals surface area contributed by atoms with Crippen molar-refractivity contribution in [1.29, 1.82) is 0 Å². The van der Waals surface area contributed by atoms with E-state index in [9.17, 15) is 17.6 Å². The average molecular weight is 270 g/mol. The van der Waals surface area contributed by atoms with Gasteiger partial charge in [-0.2, -0.15) is 13.9 Å². The van der Waals surface area contributed by atoms with Crippen LogP contribution in [0.2, 0.25) is 0 Å². The van der Waals surface area contributed by atoms with Crippen molar-refractivity contribution in [2.45, 2.75) is 31.8 Å². The average Bonchev–Trinajstić information content (AvgIpc) is 2.74.